The van der Waals surface area contributed by atoms with E-state index in [1.165, 1.54) is 0 Å². The molecular weight excluding hydrogens is 260 g/mol. The highest BCUT2D eigenvalue weighted by Gasteiger charge is 2.18. The zero-order valence-corrected chi connectivity index (χ0v) is 12.9. The molecule has 0 radical (unpaired) electrons. The minimum Gasteiger partial charge on any atom is -0.385 e. The third-order valence-corrected chi connectivity index (χ3v) is 3.40. The quantitative estimate of drug-likeness (QED) is 0.895. The molecule has 0 saturated carbocycles. The highest BCUT2D eigenvalue weighted by molar-refractivity contribution is 6.09. The van der Waals surface area contributed by atoms with E-state index < -0.39 is 0 Å². The van der Waals surface area contributed by atoms with Crippen LogP contribution in [-0.4, -0.2) is 19.0 Å². The van der Waals surface area contributed by atoms with Crippen LogP contribution in [0.3, 0.4) is 0 Å². The summed E-state index contributed by atoms with van der Waals surface area (Å²) in [4.78, 5) is 14.7. The lowest BCUT2D eigenvalue weighted by molar-refractivity contribution is 0.0989. The molecule has 110 valence electrons. The average molecular weight is 282 g/mol. The summed E-state index contributed by atoms with van der Waals surface area (Å²) >= 11 is 0. The summed E-state index contributed by atoms with van der Waals surface area (Å²) in [5.41, 5.74) is 3.68. The van der Waals surface area contributed by atoms with Gasteiger partial charge in [-0.15, -0.1) is 0 Å². The molecule has 2 aromatic carbocycles. The molecule has 0 saturated heterocycles. The Hall–Kier alpha value is -2.29. The van der Waals surface area contributed by atoms with Crippen LogP contribution in [0.4, 0.5) is 11.4 Å². The summed E-state index contributed by atoms with van der Waals surface area (Å²) in [5.74, 6) is 0.0275. The lowest BCUT2D eigenvalue weighted by Crippen LogP contribution is -2.31. The van der Waals surface area contributed by atoms with E-state index in [-0.39, 0.29) is 5.91 Å². The van der Waals surface area contributed by atoms with E-state index in [0.717, 1.165) is 23.5 Å². The maximum absolute atomic E-state index is 12.9. The summed E-state index contributed by atoms with van der Waals surface area (Å²) in [7, 11) is 0. The van der Waals surface area contributed by atoms with Crippen LogP contribution in [0.25, 0.3) is 0 Å². The van der Waals surface area contributed by atoms with Gasteiger partial charge in [0.05, 0.1) is 5.56 Å². The highest BCUT2D eigenvalue weighted by Crippen LogP contribution is 2.22. The van der Waals surface area contributed by atoms with Gasteiger partial charge >= 0.3 is 0 Å². The van der Waals surface area contributed by atoms with Crippen molar-refractivity contribution in [3.8, 4) is 0 Å². The summed E-state index contributed by atoms with van der Waals surface area (Å²) in [5, 5.41) is 3.28. The molecule has 0 aliphatic heterocycles. The Labute approximate surface area is 126 Å². The second-order valence-electron chi connectivity index (χ2n) is 4.96. The average Bonchev–Trinajstić information content (AvgIpc) is 2.49. The van der Waals surface area contributed by atoms with Gasteiger partial charge in [-0.1, -0.05) is 24.3 Å². The van der Waals surface area contributed by atoms with Crippen LogP contribution in [0.5, 0.6) is 0 Å². The molecule has 1 N–H and O–H groups in total. The first kappa shape index (κ1) is 15.1. The molecule has 0 fully saturated rings. The van der Waals surface area contributed by atoms with Gasteiger partial charge in [-0.05, 0) is 50.6 Å². The Morgan fingerprint density at radius 2 is 1.81 bits per heavy atom. The molecule has 0 aliphatic carbocycles. The minimum atomic E-state index is 0.0275. The van der Waals surface area contributed by atoms with Crippen LogP contribution in [0.1, 0.15) is 29.8 Å². The van der Waals surface area contributed by atoms with Crippen LogP contribution in [0.15, 0.2) is 48.5 Å². The third kappa shape index (κ3) is 3.43. The molecule has 2 aromatic rings. The number of rotatable bonds is 5. The molecule has 0 aliphatic rings. The highest BCUT2D eigenvalue weighted by atomic mass is 16.2. The van der Waals surface area contributed by atoms with Gasteiger partial charge in [-0.3, -0.25) is 4.79 Å². The maximum Gasteiger partial charge on any atom is 0.260 e. The van der Waals surface area contributed by atoms with Crippen LogP contribution in [0, 0.1) is 6.92 Å². The number of anilines is 2. The fourth-order valence-corrected chi connectivity index (χ4v) is 2.38. The molecule has 3 nitrogen and oxygen atoms in total. The topological polar surface area (TPSA) is 32.3 Å². The van der Waals surface area contributed by atoms with Crippen molar-refractivity contribution in [3.05, 3.63) is 59.7 Å². The fourth-order valence-electron chi connectivity index (χ4n) is 2.38. The van der Waals surface area contributed by atoms with Crippen molar-refractivity contribution in [1.29, 1.82) is 0 Å². The molecule has 0 spiro atoms. The Morgan fingerprint density at radius 1 is 1.10 bits per heavy atom. The van der Waals surface area contributed by atoms with Gasteiger partial charge in [0.2, 0.25) is 0 Å². The van der Waals surface area contributed by atoms with Gasteiger partial charge in [0, 0.05) is 24.5 Å². The van der Waals surface area contributed by atoms with E-state index in [0.29, 0.717) is 12.1 Å². The van der Waals surface area contributed by atoms with Crippen LogP contribution < -0.4 is 10.2 Å². The summed E-state index contributed by atoms with van der Waals surface area (Å²) in [6.45, 7) is 7.49. The number of benzene rings is 2. The van der Waals surface area contributed by atoms with Crippen molar-refractivity contribution in [2.24, 2.45) is 0 Å². The van der Waals surface area contributed by atoms with Crippen molar-refractivity contribution in [3.63, 3.8) is 0 Å². The lowest BCUT2D eigenvalue weighted by Gasteiger charge is -2.23. The monoisotopic (exact) mass is 282 g/mol. The summed E-state index contributed by atoms with van der Waals surface area (Å²) in [6, 6.07) is 15.7. The van der Waals surface area contributed by atoms with Crippen molar-refractivity contribution in [2.75, 3.05) is 23.3 Å². The Kier molecular flexibility index (Phi) is 4.99. The van der Waals surface area contributed by atoms with E-state index >= 15 is 0 Å². The van der Waals surface area contributed by atoms with Crippen LogP contribution in [-0.2, 0) is 0 Å². The number of carbonyl (C=O) groups is 1. The molecule has 0 aromatic heterocycles. The third-order valence-electron chi connectivity index (χ3n) is 3.40. The fraction of sp³-hybridized carbons (Fsp3) is 0.278. The van der Waals surface area contributed by atoms with Crippen molar-refractivity contribution in [2.45, 2.75) is 20.8 Å². The number of aryl methyl sites for hydroxylation is 1. The van der Waals surface area contributed by atoms with Gasteiger partial charge in [-0.25, -0.2) is 0 Å². The molecule has 0 bridgehead atoms. The van der Waals surface area contributed by atoms with E-state index in [2.05, 4.69) is 5.32 Å². The number of para-hydroxylation sites is 1. The van der Waals surface area contributed by atoms with Gasteiger partial charge in [0.1, 0.15) is 0 Å². The second kappa shape index (κ2) is 6.93. The normalized spacial score (nSPS) is 10.2. The minimum absolute atomic E-state index is 0.0275. The molecule has 2 rings (SSSR count). The summed E-state index contributed by atoms with van der Waals surface area (Å²) < 4.78 is 0. The molecule has 0 unspecified atom stereocenters. The van der Waals surface area contributed by atoms with Crippen molar-refractivity contribution < 1.29 is 4.79 Å². The Morgan fingerprint density at radius 3 is 2.43 bits per heavy atom. The SMILES string of the molecule is CCNc1cc(C)ccc1C(=O)N(CC)c1ccccc1. The molecule has 0 atom stereocenters. The van der Waals surface area contributed by atoms with Gasteiger partial charge in [0.15, 0.2) is 0 Å². The first-order valence-corrected chi connectivity index (χ1v) is 7.38. The zero-order valence-electron chi connectivity index (χ0n) is 12.9. The van der Waals surface area contributed by atoms with Crippen molar-refractivity contribution >= 4 is 17.3 Å². The predicted octanol–water partition coefficient (Wildman–Crippen LogP) is 4.09. The van der Waals surface area contributed by atoms with Crippen LogP contribution >= 0.6 is 0 Å². The lowest BCUT2D eigenvalue weighted by atomic mass is 10.1. The van der Waals surface area contributed by atoms with Crippen LogP contribution in [0.2, 0.25) is 0 Å². The largest absolute Gasteiger partial charge is 0.385 e. The number of carbonyl (C=O) groups excluding carboxylic acids is 1. The van der Waals surface area contributed by atoms with E-state index in [4.69, 9.17) is 0 Å². The number of hydrogen-bond acceptors (Lipinski definition) is 2. The number of hydrogen-bond donors (Lipinski definition) is 1. The molecule has 3 heteroatoms. The van der Waals surface area contributed by atoms with Gasteiger partial charge in [-0.2, -0.15) is 0 Å². The zero-order chi connectivity index (χ0) is 15.2. The molecular formula is C18H22N2O. The predicted molar refractivity (Wildman–Crippen MR) is 89.1 cm³/mol. The maximum atomic E-state index is 12.9. The summed E-state index contributed by atoms with van der Waals surface area (Å²) in [6.07, 6.45) is 0. The second-order valence-corrected chi connectivity index (χ2v) is 4.96. The van der Waals surface area contributed by atoms with E-state index in [9.17, 15) is 4.79 Å². The van der Waals surface area contributed by atoms with Gasteiger partial charge in [0.25, 0.3) is 5.91 Å². The number of nitrogens with one attached hydrogen (secondary N) is 1. The first-order chi connectivity index (χ1) is 10.2. The standard InChI is InChI=1S/C18H22N2O/c1-4-19-17-13-14(3)11-12-16(17)18(21)20(5-2)15-9-7-6-8-10-15/h6-13,19H,4-5H2,1-3H3. The Bertz CT molecular complexity index is 608. The smallest absolute Gasteiger partial charge is 0.260 e. The van der Waals surface area contributed by atoms with Crippen molar-refractivity contribution in [1.82, 2.24) is 0 Å². The molecule has 21 heavy (non-hydrogen) atoms. The number of amides is 1. The molecule has 1 amide bonds. The Balaban J connectivity index is 2.38. The van der Waals surface area contributed by atoms with Gasteiger partial charge < -0.3 is 10.2 Å². The molecule has 0 heterocycles. The first-order valence-electron chi connectivity index (χ1n) is 7.38. The number of nitrogens with zero attached hydrogens (tertiary/aromatic N) is 1. The van der Waals surface area contributed by atoms with E-state index in [1.54, 1.807) is 4.90 Å². The van der Waals surface area contributed by atoms with E-state index in [1.807, 2.05) is 69.3 Å².